The van der Waals surface area contributed by atoms with Gasteiger partial charge in [0.2, 0.25) is 0 Å². The summed E-state index contributed by atoms with van der Waals surface area (Å²) in [5.41, 5.74) is 0.251. The molecule has 2 rings (SSSR count). The second-order valence-electron chi connectivity index (χ2n) is 4.50. The third kappa shape index (κ3) is 4.21. The number of esters is 1. The summed E-state index contributed by atoms with van der Waals surface area (Å²) >= 11 is 5.86. The molecule has 5 nitrogen and oxygen atoms in total. The van der Waals surface area contributed by atoms with Gasteiger partial charge in [-0.2, -0.15) is 0 Å². The van der Waals surface area contributed by atoms with Gasteiger partial charge in [-0.15, -0.1) is 0 Å². The molecule has 1 heterocycles. The van der Waals surface area contributed by atoms with Crippen molar-refractivity contribution in [2.45, 2.75) is 18.9 Å². The first-order valence-electron chi connectivity index (χ1n) is 6.47. The van der Waals surface area contributed by atoms with Crippen molar-refractivity contribution in [2.24, 2.45) is 0 Å². The monoisotopic (exact) mass is 297 g/mol. The van der Waals surface area contributed by atoms with Crippen LogP contribution < -0.4 is 5.32 Å². The topological polar surface area (TPSA) is 64.6 Å². The van der Waals surface area contributed by atoms with Gasteiger partial charge < -0.3 is 14.8 Å². The van der Waals surface area contributed by atoms with Gasteiger partial charge in [-0.1, -0.05) is 23.7 Å². The number of hydrogen-bond acceptors (Lipinski definition) is 4. The van der Waals surface area contributed by atoms with E-state index in [9.17, 15) is 9.59 Å². The highest BCUT2D eigenvalue weighted by Gasteiger charge is 2.17. The van der Waals surface area contributed by atoms with Crippen LogP contribution in [0.1, 0.15) is 23.2 Å². The minimum absolute atomic E-state index is 0.0678. The fraction of sp³-hybridized carbons (Fsp3) is 0.429. The number of rotatable bonds is 5. The Morgan fingerprint density at radius 3 is 2.90 bits per heavy atom. The summed E-state index contributed by atoms with van der Waals surface area (Å²) in [5.74, 6) is -0.955. The Morgan fingerprint density at radius 1 is 1.40 bits per heavy atom. The maximum atomic E-state index is 11.7. The summed E-state index contributed by atoms with van der Waals surface area (Å²) in [7, 11) is 0. The van der Waals surface area contributed by atoms with E-state index < -0.39 is 5.97 Å². The molecule has 0 saturated carbocycles. The first-order chi connectivity index (χ1) is 9.66. The van der Waals surface area contributed by atoms with Crippen LogP contribution in [0, 0.1) is 0 Å². The van der Waals surface area contributed by atoms with Crippen molar-refractivity contribution >= 4 is 23.5 Å². The Bertz CT molecular complexity index is 486. The molecular formula is C14H16ClNO4. The van der Waals surface area contributed by atoms with Gasteiger partial charge in [-0.05, 0) is 25.0 Å². The lowest BCUT2D eigenvalue weighted by Gasteiger charge is -2.11. The molecule has 20 heavy (non-hydrogen) atoms. The molecule has 1 saturated heterocycles. The fourth-order valence-electron chi connectivity index (χ4n) is 1.92. The molecule has 1 aliphatic rings. The molecule has 1 unspecified atom stereocenters. The smallest absolute Gasteiger partial charge is 0.340 e. The maximum absolute atomic E-state index is 11.7. The summed E-state index contributed by atoms with van der Waals surface area (Å²) in [6.45, 7) is 0.862. The van der Waals surface area contributed by atoms with E-state index in [0.29, 0.717) is 11.6 Å². The highest BCUT2D eigenvalue weighted by Crippen LogP contribution is 2.15. The molecule has 1 aromatic rings. The van der Waals surface area contributed by atoms with Crippen molar-refractivity contribution in [3.63, 3.8) is 0 Å². The quantitative estimate of drug-likeness (QED) is 0.842. The number of ether oxygens (including phenoxy) is 2. The van der Waals surface area contributed by atoms with Crippen LogP contribution in [0.2, 0.25) is 5.02 Å². The van der Waals surface area contributed by atoms with E-state index in [2.05, 4.69) is 5.32 Å². The summed E-state index contributed by atoms with van der Waals surface area (Å²) in [6, 6.07) is 6.54. The third-order valence-corrected chi connectivity index (χ3v) is 3.31. The van der Waals surface area contributed by atoms with Crippen molar-refractivity contribution in [1.29, 1.82) is 0 Å². The number of benzene rings is 1. The molecule has 0 radical (unpaired) electrons. The maximum Gasteiger partial charge on any atom is 0.340 e. The predicted octanol–water partition coefficient (Wildman–Crippen LogP) is 1.79. The van der Waals surface area contributed by atoms with E-state index >= 15 is 0 Å². The lowest BCUT2D eigenvalue weighted by atomic mass is 10.2. The number of carbonyl (C=O) groups excluding carboxylic acids is 2. The summed E-state index contributed by atoms with van der Waals surface area (Å²) in [5, 5.41) is 2.97. The van der Waals surface area contributed by atoms with Gasteiger partial charge in [-0.3, -0.25) is 4.79 Å². The van der Waals surface area contributed by atoms with E-state index in [4.69, 9.17) is 21.1 Å². The molecule has 0 spiro atoms. The fourth-order valence-corrected chi connectivity index (χ4v) is 2.13. The molecule has 0 aromatic heterocycles. The largest absolute Gasteiger partial charge is 0.452 e. The lowest BCUT2D eigenvalue weighted by molar-refractivity contribution is -0.124. The zero-order chi connectivity index (χ0) is 14.4. The number of nitrogens with one attached hydrogen (secondary N) is 1. The lowest BCUT2D eigenvalue weighted by Crippen LogP contribution is -2.34. The van der Waals surface area contributed by atoms with Crippen molar-refractivity contribution in [1.82, 2.24) is 5.32 Å². The molecule has 108 valence electrons. The van der Waals surface area contributed by atoms with Crippen molar-refractivity contribution in [3.05, 3.63) is 34.9 Å². The van der Waals surface area contributed by atoms with Crippen molar-refractivity contribution < 1.29 is 19.1 Å². The normalized spacial score (nSPS) is 17.8. The van der Waals surface area contributed by atoms with Crippen LogP contribution in [-0.4, -0.2) is 37.7 Å². The molecule has 1 N–H and O–H groups in total. The molecule has 1 amide bonds. The molecule has 6 heteroatoms. The zero-order valence-electron chi connectivity index (χ0n) is 10.9. The van der Waals surface area contributed by atoms with Gasteiger partial charge in [0, 0.05) is 13.2 Å². The van der Waals surface area contributed by atoms with Gasteiger partial charge in [0.15, 0.2) is 6.61 Å². The van der Waals surface area contributed by atoms with Gasteiger partial charge in [0.1, 0.15) is 0 Å². The summed E-state index contributed by atoms with van der Waals surface area (Å²) < 4.78 is 10.3. The van der Waals surface area contributed by atoms with E-state index in [0.717, 1.165) is 19.4 Å². The van der Waals surface area contributed by atoms with Crippen LogP contribution in [-0.2, 0) is 14.3 Å². The molecule has 0 bridgehead atoms. The minimum atomic E-state index is -0.608. The summed E-state index contributed by atoms with van der Waals surface area (Å²) in [6.07, 6.45) is 2.03. The molecule has 1 atom stereocenters. The van der Waals surface area contributed by atoms with Gasteiger partial charge in [-0.25, -0.2) is 4.79 Å². The second kappa shape index (κ2) is 7.26. The first kappa shape index (κ1) is 14.8. The molecule has 1 fully saturated rings. The van der Waals surface area contributed by atoms with Crippen LogP contribution in [0.4, 0.5) is 0 Å². The Kier molecular flexibility index (Phi) is 5.38. The number of halogens is 1. The van der Waals surface area contributed by atoms with Gasteiger partial charge in [0.25, 0.3) is 5.91 Å². The Morgan fingerprint density at radius 2 is 2.20 bits per heavy atom. The third-order valence-electron chi connectivity index (χ3n) is 2.98. The van der Waals surface area contributed by atoms with Crippen molar-refractivity contribution in [3.8, 4) is 0 Å². The number of hydrogen-bond donors (Lipinski definition) is 1. The predicted molar refractivity (Wildman–Crippen MR) is 73.7 cm³/mol. The van der Waals surface area contributed by atoms with Crippen molar-refractivity contribution in [2.75, 3.05) is 19.8 Å². The Hall–Kier alpha value is -1.59. The van der Waals surface area contributed by atoms with Crippen LogP contribution in [0.15, 0.2) is 24.3 Å². The van der Waals surface area contributed by atoms with Gasteiger partial charge in [0.05, 0.1) is 16.7 Å². The second-order valence-corrected chi connectivity index (χ2v) is 4.90. The first-order valence-corrected chi connectivity index (χ1v) is 6.84. The van der Waals surface area contributed by atoms with Gasteiger partial charge >= 0.3 is 5.97 Å². The standard InChI is InChI=1S/C14H16ClNO4/c15-12-6-2-1-5-11(12)14(18)20-9-13(17)16-8-10-4-3-7-19-10/h1-2,5-6,10H,3-4,7-9H2,(H,16,17). The highest BCUT2D eigenvalue weighted by molar-refractivity contribution is 6.33. The van der Waals surface area contributed by atoms with E-state index in [1.165, 1.54) is 0 Å². The van der Waals surface area contributed by atoms with Crippen LogP contribution in [0.3, 0.4) is 0 Å². The molecule has 1 aliphatic heterocycles. The average molecular weight is 298 g/mol. The van der Waals surface area contributed by atoms with Crippen LogP contribution in [0.25, 0.3) is 0 Å². The van der Waals surface area contributed by atoms with Crippen LogP contribution >= 0.6 is 11.6 Å². The average Bonchev–Trinajstić information content (AvgIpc) is 2.96. The SMILES string of the molecule is O=C(COC(=O)c1ccccc1Cl)NCC1CCCO1. The highest BCUT2D eigenvalue weighted by atomic mass is 35.5. The summed E-state index contributed by atoms with van der Waals surface area (Å²) in [4.78, 5) is 23.3. The Labute approximate surface area is 122 Å². The number of amides is 1. The molecular weight excluding hydrogens is 282 g/mol. The minimum Gasteiger partial charge on any atom is -0.452 e. The van der Waals surface area contributed by atoms with E-state index in [1.807, 2.05) is 0 Å². The molecule has 0 aliphatic carbocycles. The zero-order valence-corrected chi connectivity index (χ0v) is 11.7. The Balaban J connectivity index is 1.72. The molecule has 1 aromatic carbocycles. The number of carbonyl (C=O) groups is 2. The van der Waals surface area contributed by atoms with Crippen LogP contribution in [0.5, 0.6) is 0 Å². The van der Waals surface area contributed by atoms with E-state index in [-0.39, 0.29) is 24.2 Å². The van der Waals surface area contributed by atoms with E-state index in [1.54, 1.807) is 24.3 Å².